The van der Waals surface area contributed by atoms with E-state index in [1.807, 2.05) is 19.1 Å². The summed E-state index contributed by atoms with van der Waals surface area (Å²) in [6.45, 7) is 2.53. The maximum atomic E-state index is 12.5. The molecule has 1 saturated heterocycles. The van der Waals surface area contributed by atoms with Crippen molar-refractivity contribution in [1.29, 1.82) is 0 Å². The van der Waals surface area contributed by atoms with Gasteiger partial charge in [0.2, 0.25) is 0 Å². The molecule has 0 spiro atoms. The van der Waals surface area contributed by atoms with Gasteiger partial charge >= 0.3 is 0 Å². The third-order valence-electron chi connectivity index (χ3n) is 4.17. The minimum absolute atomic E-state index is 0.138. The number of rotatable bonds is 5. The molecule has 0 bridgehead atoms. The van der Waals surface area contributed by atoms with Crippen molar-refractivity contribution >= 4 is 17.5 Å². The van der Waals surface area contributed by atoms with Crippen molar-refractivity contribution in [3.63, 3.8) is 0 Å². The fraction of sp³-hybridized carbons (Fsp3) is 0.316. The molecule has 1 aliphatic heterocycles. The number of hydrogen-bond donors (Lipinski definition) is 2. The SMILES string of the molecule is C[C@H](NC(=O)c1cccc(NC(=O)[C@@H]2CCCO2)c1)c1ccncc1. The van der Waals surface area contributed by atoms with E-state index in [-0.39, 0.29) is 17.9 Å². The molecule has 2 heterocycles. The molecule has 1 aliphatic rings. The fourth-order valence-electron chi connectivity index (χ4n) is 2.76. The van der Waals surface area contributed by atoms with Crippen LogP contribution in [-0.2, 0) is 9.53 Å². The Morgan fingerprint density at radius 1 is 1.24 bits per heavy atom. The molecule has 2 aromatic rings. The number of nitrogens with one attached hydrogen (secondary N) is 2. The maximum Gasteiger partial charge on any atom is 0.253 e. The van der Waals surface area contributed by atoms with Crippen molar-refractivity contribution in [1.82, 2.24) is 10.3 Å². The van der Waals surface area contributed by atoms with Gasteiger partial charge in [-0.3, -0.25) is 14.6 Å². The largest absolute Gasteiger partial charge is 0.368 e. The molecule has 6 nitrogen and oxygen atoms in total. The van der Waals surface area contributed by atoms with Gasteiger partial charge in [-0.1, -0.05) is 6.07 Å². The molecule has 6 heteroatoms. The fourth-order valence-corrected chi connectivity index (χ4v) is 2.76. The van der Waals surface area contributed by atoms with Gasteiger partial charge in [-0.05, 0) is 55.7 Å². The smallest absolute Gasteiger partial charge is 0.253 e. The molecule has 0 unspecified atom stereocenters. The summed E-state index contributed by atoms with van der Waals surface area (Å²) in [6, 6.07) is 10.5. The van der Waals surface area contributed by atoms with Crippen molar-refractivity contribution < 1.29 is 14.3 Å². The molecule has 130 valence electrons. The van der Waals surface area contributed by atoms with Gasteiger partial charge in [-0.2, -0.15) is 0 Å². The van der Waals surface area contributed by atoms with E-state index in [1.165, 1.54) is 0 Å². The summed E-state index contributed by atoms with van der Waals surface area (Å²) in [5.41, 5.74) is 2.06. The molecular formula is C19H21N3O3. The maximum absolute atomic E-state index is 12.5. The molecule has 0 radical (unpaired) electrons. The number of nitrogens with zero attached hydrogens (tertiary/aromatic N) is 1. The normalized spacial score (nSPS) is 17.7. The summed E-state index contributed by atoms with van der Waals surface area (Å²) >= 11 is 0. The van der Waals surface area contributed by atoms with Gasteiger partial charge in [0.05, 0.1) is 6.04 Å². The zero-order valence-electron chi connectivity index (χ0n) is 14.1. The molecule has 0 aliphatic carbocycles. The number of carbonyl (C=O) groups is 2. The van der Waals surface area contributed by atoms with E-state index >= 15 is 0 Å². The van der Waals surface area contributed by atoms with E-state index in [2.05, 4.69) is 15.6 Å². The Kier molecular flexibility index (Phi) is 5.40. The second-order valence-electron chi connectivity index (χ2n) is 6.05. The highest BCUT2D eigenvalue weighted by molar-refractivity contribution is 5.98. The number of hydrogen-bond acceptors (Lipinski definition) is 4. The predicted octanol–water partition coefficient (Wildman–Crippen LogP) is 2.69. The first kappa shape index (κ1) is 17.1. The van der Waals surface area contributed by atoms with Crippen molar-refractivity contribution in [3.8, 4) is 0 Å². The molecule has 3 rings (SSSR count). The minimum Gasteiger partial charge on any atom is -0.368 e. The first-order valence-corrected chi connectivity index (χ1v) is 8.37. The Balaban J connectivity index is 1.64. The number of aromatic nitrogens is 1. The molecule has 1 aromatic heterocycles. The van der Waals surface area contributed by atoms with Gasteiger partial charge in [0.1, 0.15) is 6.10 Å². The molecule has 2 atom stereocenters. The van der Waals surface area contributed by atoms with Crippen molar-refractivity contribution in [2.45, 2.75) is 31.9 Å². The highest BCUT2D eigenvalue weighted by Gasteiger charge is 2.23. The molecular weight excluding hydrogens is 318 g/mol. The van der Waals surface area contributed by atoms with Gasteiger partial charge in [-0.25, -0.2) is 0 Å². The van der Waals surface area contributed by atoms with Gasteiger partial charge in [0.25, 0.3) is 11.8 Å². The highest BCUT2D eigenvalue weighted by Crippen LogP contribution is 2.17. The topological polar surface area (TPSA) is 80.3 Å². The van der Waals surface area contributed by atoms with E-state index in [0.717, 1.165) is 18.4 Å². The van der Waals surface area contributed by atoms with Crippen LogP contribution in [0.5, 0.6) is 0 Å². The molecule has 1 aromatic carbocycles. The Morgan fingerprint density at radius 3 is 2.76 bits per heavy atom. The first-order valence-electron chi connectivity index (χ1n) is 8.37. The molecule has 25 heavy (non-hydrogen) atoms. The lowest BCUT2D eigenvalue weighted by Gasteiger charge is -2.15. The minimum atomic E-state index is -0.399. The molecule has 2 N–H and O–H groups in total. The number of anilines is 1. The quantitative estimate of drug-likeness (QED) is 0.878. The number of carbonyl (C=O) groups excluding carboxylic acids is 2. The van der Waals surface area contributed by atoms with Crippen LogP contribution in [0.3, 0.4) is 0 Å². The lowest BCUT2D eigenvalue weighted by Crippen LogP contribution is -2.28. The van der Waals surface area contributed by atoms with Gasteiger partial charge < -0.3 is 15.4 Å². The van der Waals surface area contributed by atoms with Crippen LogP contribution in [0.1, 0.15) is 41.7 Å². The second-order valence-corrected chi connectivity index (χ2v) is 6.05. The summed E-state index contributed by atoms with van der Waals surface area (Å²) in [7, 11) is 0. The van der Waals surface area contributed by atoms with Crippen molar-refractivity contribution in [3.05, 3.63) is 59.9 Å². The Hall–Kier alpha value is -2.73. The third kappa shape index (κ3) is 4.42. The van der Waals surface area contributed by atoms with Gasteiger partial charge in [-0.15, -0.1) is 0 Å². The van der Waals surface area contributed by atoms with Crippen LogP contribution in [0.15, 0.2) is 48.8 Å². The van der Waals surface area contributed by atoms with Crippen LogP contribution in [0, 0.1) is 0 Å². The Morgan fingerprint density at radius 2 is 2.04 bits per heavy atom. The lowest BCUT2D eigenvalue weighted by molar-refractivity contribution is -0.124. The Bertz CT molecular complexity index is 743. The summed E-state index contributed by atoms with van der Waals surface area (Å²) in [6.07, 6.45) is 4.62. The zero-order valence-corrected chi connectivity index (χ0v) is 14.1. The summed E-state index contributed by atoms with van der Waals surface area (Å²) in [4.78, 5) is 28.5. The van der Waals surface area contributed by atoms with Gasteiger partial charge in [0.15, 0.2) is 0 Å². The van der Waals surface area contributed by atoms with Crippen LogP contribution in [0.4, 0.5) is 5.69 Å². The first-order chi connectivity index (χ1) is 12.1. The zero-order chi connectivity index (χ0) is 17.6. The van der Waals surface area contributed by atoms with E-state index in [4.69, 9.17) is 4.74 Å². The molecule has 1 fully saturated rings. The highest BCUT2D eigenvalue weighted by atomic mass is 16.5. The van der Waals surface area contributed by atoms with Gasteiger partial charge in [0, 0.05) is 30.3 Å². The van der Waals surface area contributed by atoms with Crippen LogP contribution < -0.4 is 10.6 Å². The van der Waals surface area contributed by atoms with E-state index < -0.39 is 6.10 Å². The van der Waals surface area contributed by atoms with Crippen LogP contribution in [-0.4, -0.2) is 29.5 Å². The van der Waals surface area contributed by atoms with E-state index in [9.17, 15) is 9.59 Å². The Labute approximate surface area is 146 Å². The number of pyridine rings is 1. The van der Waals surface area contributed by atoms with E-state index in [0.29, 0.717) is 17.9 Å². The van der Waals surface area contributed by atoms with E-state index in [1.54, 1.807) is 36.7 Å². The number of ether oxygens (including phenoxy) is 1. The third-order valence-corrected chi connectivity index (χ3v) is 4.17. The standard InChI is InChI=1S/C19H21N3O3/c1-13(14-7-9-20-10-8-14)21-18(23)15-4-2-5-16(12-15)22-19(24)17-6-3-11-25-17/h2,4-5,7-10,12-13,17H,3,6,11H2,1H3,(H,21,23)(H,22,24)/t13-,17-/m0/s1. The predicted molar refractivity (Wildman–Crippen MR) is 94.2 cm³/mol. The lowest BCUT2D eigenvalue weighted by atomic mass is 10.1. The van der Waals surface area contributed by atoms with Crippen LogP contribution in [0.25, 0.3) is 0 Å². The second kappa shape index (κ2) is 7.90. The van der Waals surface area contributed by atoms with Crippen LogP contribution >= 0.6 is 0 Å². The van der Waals surface area contributed by atoms with Crippen molar-refractivity contribution in [2.75, 3.05) is 11.9 Å². The number of benzene rings is 1. The summed E-state index contributed by atoms with van der Waals surface area (Å²) in [5, 5.41) is 5.76. The number of amides is 2. The summed E-state index contributed by atoms with van der Waals surface area (Å²) in [5.74, 6) is -0.363. The average molecular weight is 339 g/mol. The molecule has 0 saturated carbocycles. The van der Waals surface area contributed by atoms with Crippen molar-refractivity contribution in [2.24, 2.45) is 0 Å². The monoisotopic (exact) mass is 339 g/mol. The molecule has 2 amide bonds. The average Bonchev–Trinajstić information content (AvgIpc) is 3.17. The summed E-state index contributed by atoms with van der Waals surface area (Å²) < 4.78 is 5.37. The van der Waals surface area contributed by atoms with Crippen LogP contribution in [0.2, 0.25) is 0 Å².